The van der Waals surface area contributed by atoms with E-state index in [1.165, 1.54) is 25.7 Å². The molecule has 0 radical (unpaired) electrons. The molecule has 0 amide bonds. The summed E-state index contributed by atoms with van der Waals surface area (Å²) in [4.78, 5) is 21.4. The number of imidazole rings is 1. The Morgan fingerprint density at radius 1 is 1.41 bits per heavy atom. The van der Waals surface area contributed by atoms with Gasteiger partial charge in [0.1, 0.15) is 5.82 Å². The van der Waals surface area contributed by atoms with Gasteiger partial charge in [0.15, 0.2) is 0 Å². The summed E-state index contributed by atoms with van der Waals surface area (Å²) >= 11 is 0. The molecule has 1 aromatic heterocycles. The number of hydrogen-bond acceptors (Lipinski definition) is 4. The maximum absolute atomic E-state index is 11.2. The van der Waals surface area contributed by atoms with Crippen LogP contribution in [0.1, 0.15) is 37.2 Å². The van der Waals surface area contributed by atoms with Gasteiger partial charge in [-0.1, -0.05) is 25.7 Å². The van der Waals surface area contributed by atoms with Gasteiger partial charge in [-0.3, -0.25) is 9.69 Å². The van der Waals surface area contributed by atoms with Crippen molar-refractivity contribution in [3.05, 3.63) is 17.7 Å². The first-order valence-electron chi connectivity index (χ1n) is 8.39. The van der Waals surface area contributed by atoms with Crippen LogP contribution in [-0.4, -0.2) is 52.1 Å². The van der Waals surface area contributed by atoms with Crippen LogP contribution in [0.3, 0.4) is 0 Å². The van der Waals surface area contributed by atoms with E-state index < -0.39 is 5.97 Å². The molecular weight excluding hydrogens is 280 g/mol. The molecule has 1 saturated carbocycles. The summed E-state index contributed by atoms with van der Waals surface area (Å²) in [7, 11) is 0. The van der Waals surface area contributed by atoms with Crippen molar-refractivity contribution >= 4 is 5.97 Å². The molecular formula is C16H26N4O2. The Bertz CT molecular complexity index is 496. The molecule has 1 aliphatic carbocycles. The first kappa shape index (κ1) is 15.5. The third-order valence-corrected chi connectivity index (χ3v) is 4.86. The third kappa shape index (κ3) is 4.08. The maximum Gasteiger partial charge on any atom is 0.309 e. The highest BCUT2D eigenvalue weighted by Gasteiger charge is 2.24. The number of aromatic amines is 1. The van der Waals surface area contributed by atoms with E-state index in [2.05, 4.69) is 20.2 Å². The number of H-pyrrole nitrogens is 1. The number of carboxylic acid groups (broad SMARTS) is 1. The van der Waals surface area contributed by atoms with E-state index >= 15 is 0 Å². The maximum atomic E-state index is 11.2. The zero-order chi connectivity index (χ0) is 15.4. The summed E-state index contributed by atoms with van der Waals surface area (Å²) in [6.07, 6.45) is 8.34. The molecule has 2 heterocycles. The fourth-order valence-electron chi connectivity index (χ4n) is 3.61. The van der Waals surface area contributed by atoms with Crippen molar-refractivity contribution in [1.29, 1.82) is 0 Å². The molecule has 1 aromatic rings. The zero-order valence-electron chi connectivity index (χ0n) is 13.1. The van der Waals surface area contributed by atoms with Crippen LogP contribution in [0.5, 0.6) is 0 Å². The molecule has 6 heteroatoms. The third-order valence-electron chi connectivity index (χ3n) is 4.86. The van der Waals surface area contributed by atoms with Gasteiger partial charge >= 0.3 is 5.97 Å². The van der Waals surface area contributed by atoms with E-state index in [1.807, 2.05) is 6.20 Å². The number of hydrogen-bond donors (Lipinski definition) is 3. The molecule has 0 aromatic carbocycles. The molecule has 2 aliphatic rings. The zero-order valence-corrected chi connectivity index (χ0v) is 13.1. The van der Waals surface area contributed by atoms with E-state index in [4.69, 9.17) is 0 Å². The Morgan fingerprint density at radius 2 is 2.23 bits per heavy atom. The largest absolute Gasteiger partial charge is 0.481 e. The van der Waals surface area contributed by atoms with Crippen molar-refractivity contribution in [3.8, 4) is 0 Å². The molecule has 0 spiro atoms. The van der Waals surface area contributed by atoms with Gasteiger partial charge in [0.25, 0.3) is 0 Å². The summed E-state index contributed by atoms with van der Waals surface area (Å²) in [5, 5.41) is 12.4. The number of nitrogens with zero attached hydrogens (tertiary/aromatic N) is 2. The molecule has 6 nitrogen and oxygen atoms in total. The normalized spacial score (nSPS) is 24.5. The summed E-state index contributed by atoms with van der Waals surface area (Å²) < 4.78 is 0. The van der Waals surface area contributed by atoms with Gasteiger partial charge in [0.05, 0.1) is 5.92 Å². The van der Waals surface area contributed by atoms with E-state index in [9.17, 15) is 9.90 Å². The van der Waals surface area contributed by atoms with Crippen LogP contribution in [-0.2, 0) is 17.8 Å². The number of carboxylic acids is 1. The average molecular weight is 306 g/mol. The highest BCUT2D eigenvalue weighted by Crippen LogP contribution is 2.27. The molecule has 2 fully saturated rings. The number of aromatic nitrogens is 2. The number of carbonyl (C=O) groups is 1. The fraction of sp³-hybridized carbons (Fsp3) is 0.750. The van der Waals surface area contributed by atoms with Gasteiger partial charge in [-0.2, -0.15) is 0 Å². The lowest BCUT2D eigenvalue weighted by atomic mass is 10.0. The monoisotopic (exact) mass is 306 g/mol. The lowest BCUT2D eigenvalue weighted by Crippen LogP contribution is -2.33. The molecule has 1 atom stereocenters. The van der Waals surface area contributed by atoms with Crippen LogP contribution in [0.25, 0.3) is 0 Å². The second-order valence-corrected chi connectivity index (χ2v) is 6.68. The number of aliphatic carboxylic acids is 1. The van der Waals surface area contributed by atoms with Gasteiger partial charge in [-0.25, -0.2) is 4.98 Å². The van der Waals surface area contributed by atoms with Crippen molar-refractivity contribution in [2.45, 2.75) is 38.6 Å². The Balaban J connectivity index is 1.55. The number of rotatable bonds is 5. The van der Waals surface area contributed by atoms with Crippen LogP contribution >= 0.6 is 0 Å². The van der Waals surface area contributed by atoms with Gasteiger partial charge < -0.3 is 15.4 Å². The summed E-state index contributed by atoms with van der Waals surface area (Å²) in [6.45, 7) is 3.62. The van der Waals surface area contributed by atoms with Gasteiger partial charge in [0.2, 0.25) is 0 Å². The minimum atomic E-state index is -0.717. The molecule has 122 valence electrons. The molecule has 1 aliphatic heterocycles. The molecule has 1 saturated heterocycles. The highest BCUT2D eigenvalue weighted by atomic mass is 16.4. The molecule has 22 heavy (non-hydrogen) atoms. The summed E-state index contributed by atoms with van der Waals surface area (Å²) in [5.74, 6) is 0.830. The predicted molar refractivity (Wildman–Crippen MR) is 83.5 cm³/mol. The minimum absolute atomic E-state index is 0.330. The first-order chi connectivity index (χ1) is 10.7. The van der Waals surface area contributed by atoms with E-state index in [1.54, 1.807) is 0 Å². The Kier molecular flexibility index (Phi) is 5.10. The van der Waals surface area contributed by atoms with E-state index in [-0.39, 0.29) is 5.92 Å². The quantitative estimate of drug-likeness (QED) is 0.763. The first-order valence-corrected chi connectivity index (χ1v) is 8.39. The Morgan fingerprint density at radius 3 is 3.00 bits per heavy atom. The van der Waals surface area contributed by atoms with Crippen LogP contribution in [0.2, 0.25) is 0 Å². The molecule has 1 unspecified atom stereocenters. The van der Waals surface area contributed by atoms with Gasteiger partial charge in [-0.05, 0) is 5.92 Å². The lowest BCUT2D eigenvalue weighted by Gasteiger charge is -2.20. The number of nitrogens with one attached hydrogen (secondary N) is 2. The van der Waals surface area contributed by atoms with Crippen molar-refractivity contribution in [3.63, 3.8) is 0 Å². The van der Waals surface area contributed by atoms with Crippen LogP contribution in [0, 0.1) is 11.8 Å². The van der Waals surface area contributed by atoms with Gasteiger partial charge in [-0.15, -0.1) is 0 Å². The Labute approximate surface area is 131 Å². The standard InChI is InChI=1S/C16H26N4O2/c21-16(22)13-8-17-5-6-20(10-13)11-14-9-18-15(19-14)7-12-3-1-2-4-12/h9,12-13,17H,1-8,10-11H2,(H,18,19)(H,21,22). The van der Waals surface area contributed by atoms with E-state index in [0.29, 0.717) is 13.1 Å². The summed E-state index contributed by atoms with van der Waals surface area (Å²) in [6, 6.07) is 0. The van der Waals surface area contributed by atoms with Gasteiger partial charge in [0, 0.05) is 51.0 Å². The van der Waals surface area contributed by atoms with Crippen LogP contribution < -0.4 is 5.32 Å². The van der Waals surface area contributed by atoms with Crippen molar-refractivity contribution < 1.29 is 9.90 Å². The topological polar surface area (TPSA) is 81.2 Å². The Hall–Kier alpha value is -1.40. The predicted octanol–water partition coefficient (Wildman–Crippen LogP) is 1.25. The van der Waals surface area contributed by atoms with Crippen molar-refractivity contribution in [2.24, 2.45) is 11.8 Å². The SMILES string of the molecule is O=C(O)C1CNCCN(Cc2cnc(CC3CCCC3)[nH]2)C1. The summed E-state index contributed by atoms with van der Waals surface area (Å²) in [5.41, 5.74) is 1.10. The fourth-order valence-corrected chi connectivity index (χ4v) is 3.61. The van der Waals surface area contributed by atoms with Crippen LogP contribution in [0.15, 0.2) is 6.20 Å². The second-order valence-electron chi connectivity index (χ2n) is 6.68. The smallest absolute Gasteiger partial charge is 0.309 e. The van der Waals surface area contributed by atoms with Crippen molar-refractivity contribution in [2.75, 3.05) is 26.2 Å². The molecule has 3 N–H and O–H groups in total. The lowest BCUT2D eigenvalue weighted by molar-refractivity contribution is -0.142. The highest BCUT2D eigenvalue weighted by molar-refractivity contribution is 5.70. The second kappa shape index (κ2) is 7.24. The van der Waals surface area contributed by atoms with Crippen LogP contribution in [0.4, 0.5) is 0 Å². The molecule has 3 rings (SSSR count). The minimum Gasteiger partial charge on any atom is -0.481 e. The van der Waals surface area contributed by atoms with Crippen molar-refractivity contribution in [1.82, 2.24) is 20.2 Å². The average Bonchev–Trinajstić information content (AvgIpc) is 3.08. The van der Waals surface area contributed by atoms with E-state index in [0.717, 1.165) is 43.5 Å². The molecule has 0 bridgehead atoms.